The Morgan fingerprint density at radius 3 is 2.00 bits per heavy atom. The predicted molar refractivity (Wildman–Crippen MR) is 42.7 cm³/mol. The first-order valence-corrected chi connectivity index (χ1v) is 3.83. The summed E-state index contributed by atoms with van der Waals surface area (Å²) in [6.45, 7) is 3.78. The van der Waals surface area contributed by atoms with Crippen molar-refractivity contribution in [1.29, 1.82) is 0 Å². The Balaban J connectivity index is 3.83. The molecule has 0 rings (SSSR count). The molecule has 0 spiro atoms. The van der Waals surface area contributed by atoms with E-state index in [9.17, 15) is 4.39 Å². The molecule has 2 heteroatoms. The van der Waals surface area contributed by atoms with Crippen molar-refractivity contribution in [1.82, 2.24) is 0 Å². The molecule has 0 atom stereocenters. The number of hydrogen-bond donors (Lipinski definition) is 0. The van der Waals surface area contributed by atoms with Gasteiger partial charge in [-0.25, -0.2) is 4.39 Å². The molecule has 0 saturated heterocycles. The lowest BCUT2D eigenvalue weighted by molar-refractivity contribution is 0.597. The number of rotatable bonds is 2. The maximum absolute atomic E-state index is 12.4. The van der Waals surface area contributed by atoms with Gasteiger partial charge in [0.05, 0.1) is 0 Å². The third kappa shape index (κ3) is 2.64. The molecule has 0 aromatic rings. The van der Waals surface area contributed by atoms with E-state index in [2.05, 4.69) is 0 Å². The monoisotopic (exact) mass is 228 g/mol. The third-order valence-electron chi connectivity index (χ3n) is 0.915. The summed E-state index contributed by atoms with van der Waals surface area (Å²) in [4.78, 5) is 0. The molecule has 8 heavy (non-hydrogen) atoms. The lowest BCUT2D eigenvalue weighted by Crippen LogP contribution is -1.73. The van der Waals surface area contributed by atoms with E-state index in [-0.39, 0.29) is 5.83 Å². The molecule has 0 aliphatic rings. The molecule has 0 aromatic carbocycles. The molecule has 0 heterocycles. The maximum atomic E-state index is 12.4. The van der Waals surface area contributed by atoms with Crippen molar-refractivity contribution >= 4 is 22.6 Å². The predicted octanol–water partition coefficient (Wildman–Crippen LogP) is 3.42. The van der Waals surface area contributed by atoms with Gasteiger partial charge in [0, 0.05) is 3.58 Å². The Bertz CT molecular complexity index is 84.7. The van der Waals surface area contributed by atoms with Crippen molar-refractivity contribution in [3.63, 3.8) is 0 Å². The molecular formula is C6H10FI. The van der Waals surface area contributed by atoms with Gasteiger partial charge in [-0.3, -0.25) is 0 Å². The van der Waals surface area contributed by atoms with Crippen molar-refractivity contribution < 1.29 is 4.39 Å². The van der Waals surface area contributed by atoms with Crippen LogP contribution >= 0.6 is 22.6 Å². The van der Waals surface area contributed by atoms with Crippen molar-refractivity contribution in [2.75, 3.05) is 0 Å². The Morgan fingerprint density at radius 2 is 1.88 bits per heavy atom. The van der Waals surface area contributed by atoms with E-state index in [4.69, 9.17) is 0 Å². The zero-order chi connectivity index (χ0) is 6.57. The largest absolute Gasteiger partial charge is 0.211 e. The zero-order valence-corrected chi connectivity index (χ0v) is 7.33. The quantitative estimate of drug-likeness (QED) is 0.635. The van der Waals surface area contributed by atoms with E-state index in [1.54, 1.807) is 0 Å². The molecule has 48 valence electrons. The summed E-state index contributed by atoms with van der Waals surface area (Å²) in [5.41, 5.74) is 0. The first-order valence-electron chi connectivity index (χ1n) is 2.75. The van der Waals surface area contributed by atoms with Gasteiger partial charge in [0.25, 0.3) is 0 Å². The van der Waals surface area contributed by atoms with Gasteiger partial charge in [-0.05, 0) is 35.4 Å². The molecule has 0 aliphatic heterocycles. The van der Waals surface area contributed by atoms with Gasteiger partial charge >= 0.3 is 0 Å². The van der Waals surface area contributed by atoms with Crippen molar-refractivity contribution in [2.45, 2.75) is 26.7 Å². The van der Waals surface area contributed by atoms with Gasteiger partial charge in [0.15, 0.2) is 0 Å². The van der Waals surface area contributed by atoms with Crippen LogP contribution < -0.4 is 0 Å². The highest BCUT2D eigenvalue weighted by molar-refractivity contribution is 14.1. The molecule has 0 aromatic heterocycles. The van der Waals surface area contributed by atoms with Gasteiger partial charge in [-0.1, -0.05) is 13.8 Å². The molecule has 0 aliphatic carbocycles. The van der Waals surface area contributed by atoms with E-state index in [1.807, 2.05) is 36.4 Å². The first-order chi connectivity index (χ1) is 3.72. The van der Waals surface area contributed by atoms with Gasteiger partial charge in [0.2, 0.25) is 0 Å². The van der Waals surface area contributed by atoms with E-state index in [0.29, 0.717) is 6.42 Å². The zero-order valence-electron chi connectivity index (χ0n) is 5.17. The average Bonchev–Trinajstić information content (AvgIpc) is 1.84. The van der Waals surface area contributed by atoms with Crippen LogP contribution in [0.4, 0.5) is 4.39 Å². The minimum absolute atomic E-state index is 0.0353. The highest BCUT2D eigenvalue weighted by Gasteiger charge is 1.95. The standard InChI is InChI=1S/C6H10FI/c1-3-5(7)6(8)4-2/h3-4H2,1-2H3/b6-5+. The second-order valence-electron chi connectivity index (χ2n) is 1.52. The molecule has 0 fully saturated rings. The number of hydrogen-bond acceptors (Lipinski definition) is 0. The highest BCUT2D eigenvalue weighted by atomic mass is 127. The highest BCUT2D eigenvalue weighted by Crippen LogP contribution is 2.19. The molecule has 0 N–H and O–H groups in total. The van der Waals surface area contributed by atoms with Gasteiger partial charge in [-0.2, -0.15) is 0 Å². The minimum atomic E-state index is 0.0353. The smallest absolute Gasteiger partial charge is 0.109 e. The molecule has 0 saturated carbocycles. The summed E-state index contributed by atoms with van der Waals surface area (Å²) in [6, 6.07) is 0. The summed E-state index contributed by atoms with van der Waals surface area (Å²) in [5.74, 6) is 0.0353. The lowest BCUT2D eigenvalue weighted by Gasteiger charge is -1.92. The second kappa shape index (κ2) is 4.30. The molecule has 0 nitrogen and oxygen atoms in total. The minimum Gasteiger partial charge on any atom is -0.211 e. The normalized spacial score (nSPS) is 13.5. The fourth-order valence-electron chi connectivity index (χ4n) is 0.384. The first kappa shape index (κ1) is 8.40. The SMILES string of the molecule is CC/C(F)=C(\I)CC. The molecule has 0 unspecified atom stereocenters. The van der Waals surface area contributed by atoms with Crippen LogP contribution in [0.2, 0.25) is 0 Å². The van der Waals surface area contributed by atoms with Crippen LogP contribution in [0.15, 0.2) is 9.41 Å². The summed E-state index contributed by atoms with van der Waals surface area (Å²) in [5, 5.41) is 0. The summed E-state index contributed by atoms with van der Waals surface area (Å²) < 4.78 is 13.2. The van der Waals surface area contributed by atoms with E-state index >= 15 is 0 Å². The van der Waals surface area contributed by atoms with Crippen molar-refractivity contribution in [3.8, 4) is 0 Å². The van der Waals surface area contributed by atoms with Gasteiger partial charge < -0.3 is 0 Å². The van der Waals surface area contributed by atoms with Crippen LogP contribution in [0.25, 0.3) is 0 Å². The second-order valence-corrected chi connectivity index (χ2v) is 2.82. The molecule has 0 radical (unpaired) electrons. The van der Waals surface area contributed by atoms with Crippen molar-refractivity contribution in [3.05, 3.63) is 9.41 Å². The van der Waals surface area contributed by atoms with Crippen LogP contribution in [0.3, 0.4) is 0 Å². The van der Waals surface area contributed by atoms with E-state index in [0.717, 1.165) is 10.0 Å². The lowest BCUT2D eigenvalue weighted by atomic mass is 10.3. The average molecular weight is 228 g/mol. The van der Waals surface area contributed by atoms with E-state index in [1.165, 1.54) is 0 Å². The summed E-state index contributed by atoms with van der Waals surface area (Å²) in [7, 11) is 0. The third-order valence-corrected chi connectivity index (χ3v) is 2.26. The Labute approximate surface area is 63.3 Å². The Hall–Kier alpha value is 0.400. The summed E-state index contributed by atoms with van der Waals surface area (Å²) >= 11 is 2.04. The topological polar surface area (TPSA) is 0 Å². The van der Waals surface area contributed by atoms with Gasteiger partial charge in [-0.15, -0.1) is 0 Å². The maximum Gasteiger partial charge on any atom is 0.109 e. The summed E-state index contributed by atoms with van der Waals surface area (Å²) in [6.07, 6.45) is 1.35. The van der Waals surface area contributed by atoms with Crippen LogP contribution in [0.5, 0.6) is 0 Å². The molecule has 0 amide bonds. The Kier molecular flexibility index (Phi) is 4.51. The van der Waals surface area contributed by atoms with E-state index < -0.39 is 0 Å². The van der Waals surface area contributed by atoms with Crippen LogP contribution in [-0.4, -0.2) is 0 Å². The number of allylic oxidation sites excluding steroid dienone is 2. The van der Waals surface area contributed by atoms with Crippen molar-refractivity contribution in [2.24, 2.45) is 0 Å². The fourth-order valence-corrected chi connectivity index (χ4v) is 0.765. The fraction of sp³-hybridized carbons (Fsp3) is 0.667. The molecular weight excluding hydrogens is 218 g/mol. The van der Waals surface area contributed by atoms with Gasteiger partial charge in [0.1, 0.15) is 5.83 Å². The van der Waals surface area contributed by atoms with Crippen LogP contribution in [0.1, 0.15) is 26.7 Å². The molecule has 0 bridgehead atoms. The Morgan fingerprint density at radius 1 is 1.38 bits per heavy atom. The van der Waals surface area contributed by atoms with Crippen LogP contribution in [0, 0.1) is 0 Å². The number of halogens is 2. The van der Waals surface area contributed by atoms with Crippen LogP contribution in [-0.2, 0) is 0 Å².